The second kappa shape index (κ2) is 8.08. The molecule has 23 heavy (non-hydrogen) atoms. The van der Waals surface area contributed by atoms with Crippen molar-refractivity contribution in [2.24, 2.45) is 0 Å². The molecule has 2 aromatic carbocycles. The van der Waals surface area contributed by atoms with E-state index in [1.807, 2.05) is 30.3 Å². The molecule has 5 heteroatoms. The molecule has 0 aliphatic carbocycles. The summed E-state index contributed by atoms with van der Waals surface area (Å²) >= 11 is 0. The molecular weight excluding hydrogens is 297 g/mol. The molecule has 0 saturated carbocycles. The van der Waals surface area contributed by atoms with Crippen LogP contribution in [0.4, 0.5) is 4.39 Å². The largest absolute Gasteiger partial charge is 0.481 e. The van der Waals surface area contributed by atoms with E-state index in [0.717, 1.165) is 5.56 Å². The van der Waals surface area contributed by atoms with E-state index in [0.29, 0.717) is 6.42 Å². The molecular formula is C18H18FNO3. The van der Waals surface area contributed by atoms with Gasteiger partial charge in [0.1, 0.15) is 0 Å². The van der Waals surface area contributed by atoms with Crippen LogP contribution in [-0.2, 0) is 16.0 Å². The number of Topliss-reactive ketones (excluding diaryl/α,β-unsaturated/α-hetero) is 1. The van der Waals surface area contributed by atoms with Gasteiger partial charge in [0, 0.05) is 0 Å². The third kappa shape index (κ3) is 5.21. The van der Waals surface area contributed by atoms with Gasteiger partial charge in [-0.15, -0.1) is 0 Å². The predicted octanol–water partition coefficient (Wildman–Crippen LogP) is 2.52. The monoisotopic (exact) mass is 315 g/mol. The van der Waals surface area contributed by atoms with Gasteiger partial charge in [0.25, 0.3) is 5.91 Å². The van der Waals surface area contributed by atoms with Crippen molar-refractivity contribution in [1.29, 1.82) is 0 Å². The van der Waals surface area contributed by atoms with E-state index in [9.17, 15) is 14.0 Å². The van der Waals surface area contributed by atoms with Gasteiger partial charge in [-0.05, 0) is 31.0 Å². The first-order valence-corrected chi connectivity index (χ1v) is 7.27. The number of rotatable bonds is 7. The maximum Gasteiger partial charge on any atom is 0.258 e. The van der Waals surface area contributed by atoms with Crippen molar-refractivity contribution in [3.05, 3.63) is 66.0 Å². The second-order valence-electron chi connectivity index (χ2n) is 5.14. The van der Waals surface area contributed by atoms with Crippen LogP contribution in [0.2, 0.25) is 0 Å². The summed E-state index contributed by atoms with van der Waals surface area (Å²) in [6.45, 7) is 1.07. The SMILES string of the molecule is CC(=O)[C@H](Cc1ccccc1)NC(=O)COc1ccccc1F. The number of carbonyl (C=O) groups is 2. The summed E-state index contributed by atoms with van der Waals surface area (Å²) < 4.78 is 18.5. The Balaban J connectivity index is 1.91. The molecule has 4 nitrogen and oxygen atoms in total. The Labute approximate surface area is 134 Å². The maximum atomic E-state index is 13.4. The maximum absolute atomic E-state index is 13.4. The van der Waals surface area contributed by atoms with Crippen LogP contribution in [0.1, 0.15) is 12.5 Å². The van der Waals surface area contributed by atoms with Gasteiger partial charge in [-0.1, -0.05) is 42.5 Å². The lowest BCUT2D eigenvalue weighted by atomic mass is 10.0. The molecule has 0 fully saturated rings. The summed E-state index contributed by atoms with van der Waals surface area (Å²) in [6, 6.07) is 14.6. The molecule has 0 bridgehead atoms. The predicted molar refractivity (Wildman–Crippen MR) is 84.7 cm³/mol. The number of amides is 1. The van der Waals surface area contributed by atoms with Gasteiger partial charge in [-0.2, -0.15) is 0 Å². The van der Waals surface area contributed by atoms with Gasteiger partial charge >= 0.3 is 0 Å². The fourth-order valence-electron chi connectivity index (χ4n) is 2.09. The number of ether oxygens (including phenoxy) is 1. The van der Waals surface area contributed by atoms with Gasteiger partial charge in [-0.3, -0.25) is 9.59 Å². The lowest BCUT2D eigenvalue weighted by molar-refractivity contribution is -0.128. The van der Waals surface area contributed by atoms with E-state index < -0.39 is 17.8 Å². The van der Waals surface area contributed by atoms with Gasteiger partial charge in [0.15, 0.2) is 24.0 Å². The molecule has 0 aromatic heterocycles. The molecule has 1 atom stereocenters. The minimum Gasteiger partial charge on any atom is -0.481 e. The van der Waals surface area contributed by atoms with Gasteiger partial charge in [-0.25, -0.2) is 4.39 Å². The minimum atomic E-state index is -0.630. The van der Waals surface area contributed by atoms with Crippen molar-refractivity contribution in [2.75, 3.05) is 6.61 Å². The lowest BCUT2D eigenvalue weighted by Crippen LogP contribution is -2.43. The lowest BCUT2D eigenvalue weighted by Gasteiger charge is -2.16. The van der Waals surface area contributed by atoms with Crippen LogP contribution >= 0.6 is 0 Å². The minimum absolute atomic E-state index is 0.00471. The van der Waals surface area contributed by atoms with Crippen LogP contribution in [-0.4, -0.2) is 24.3 Å². The molecule has 0 aliphatic rings. The Morgan fingerprint density at radius 3 is 2.39 bits per heavy atom. The van der Waals surface area contributed by atoms with Crippen molar-refractivity contribution in [2.45, 2.75) is 19.4 Å². The number of hydrogen-bond acceptors (Lipinski definition) is 3. The number of ketones is 1. The number of nitrogens with one attached hydrogen (secondary N) is 1. The van der Waals surface area contributed by atoms with E-state index in [-0.39, 0.29) is 18.1 Å². The fourth-order valence-corrected chi connectivity index (χ4v) is 2.09. The number of benzene rings is 2. The molecule has 0 saturated heterocycles. The topological polar surface area (TPSA) is 55.4 Å². The van der Waals surface area contributed by atoms with Crippen LogP contribution in [0.15, 0.2) is 54.6 Å². The summed E-state index contributed by atoms with van der Waals surface area (Å²) in [5, 5.41) is 2.62. The van der Waals surface area contributed by atoms with Crippen molar-refractivity contribution >= 4 is 11.7 Å². The molecule has 2 aromatic rings. The Morgan fingerprint density at radius 2 is 1.74 bits per heavy atom. The van der Waals surface area contributed by atoms with Crippen LogP contribution in [0.3, 0.4) is 0 Å². The molecule has 120 valence electrons. The first-order chi connectivity index (χ1) is 11.1. The average molecular weight is 315 g/mol. The smallest absolute Gasteiger partial charge is 0.258 e. The van der Waals surface area contributed by atoms with Crippen LogP contribution in [0.5, 0.6) is 5.75 Å². The van der Waals surface area contributed by atoms with Crippen molar-refractivity contribution in [1.82, 2.24) is 5.32 Å². The Kier molecular flexibility index (Phi) is 5.86. The van der Waals surface area contributed by atoms with Crippen LogP contribution in [0.25, 0.3) is 0 Å². The Hall–Kier alpha value is -2.69. The highest BCUT2D eigenvalue weighted by molar-refractivity contribution is 5.88. The summed E-state index contributed by atoms with van der Waals surface area (Å²) in [7, 11) is 0. The molecule has 0 radical (unpaired) electrons. The summed E-state index contributed by atoms with van der Waals surface area (Å²) in [4.78, 5) is 23.6. The normalized spacial score (nSPS) is 11.6. The van der Waals surface area contributed by atoms with Crippen LogP contribution in [0, 0.1) is 5.82 Å². The third-order valence-corrected chi connectivity index (χ3v) is 3.30. The second-order valence-corrected chi connectivity index (χ2v) is 5.14. The first kappa shape index (κ1) is 16.7. The van der Waals surface area contributed by atoms with E-state index in [2.05, 4.69) is 5.32 Å². The van der Waals surface area contributed by atoms with Crippen molar-refractivity contribution in [3.8, 4) is 5.75 Å². The fraction of sp³-hybridized carbons (Fsp3) is 0.222. The highest BCUT2D eigenvalue weighted by atomic mass is 19.1. The number of para-hydroxylation sites is 1. The van der Waals surface area contributed by atoms with Crippen molar-refractivity contribution in [3.63, 3.8) is 0 Å². The molecule has 1 N–H and O–H groups in total. The van der Waals surface area contributed by atoms with E-state index in [4.69, 9.17) is 4.74 Å². The van der Waals surface area contributed by atoms with E-state index in [1.54, 1.807) is 6.07 Å². The number of carbonyl (C=O) groups excluding carboxylic acids is 2. The zero-order chi connectivity index (χ0) is 16.7. The van der Waals surface area contributed by atoms with Crippen LogP contribution < -0.4 is 10.1 Å². The van der Waals surface area contributed by atoms with Gasteiger partial charge in [0.2, 0.25) is 0 Å². The molecule has 1 amide bonds. The molecule has 0 aliphatic heterocycles. The summed E-state index contributed by atoms with van der Waals surface area (Å²) in [5.74, 6) is -1.14. The highest BCUT2D eigenvalue weighted by Gasteiger charge is 2.18. The molecule has 0 unspecified atom stereocenters. The highest BCUT2D eigenvalue weighted by Crippen LogP contribution is 2.15. The zero-order valence-electron chi connectivity index (χ0n) is 12.8. The zero-order valence-corrected chi connectivity index (χ0v) is 12.8. The number of hydrogen-bond donors (Lipinski definition) is 1. The summed E-state index contributed by atoms with van der Waals surface area (Å²) in [5.41, 5.74) is 0.947. The molecule has 2 rings (SSSR count). The molecule has 0 spiro atoms. The quantitative estimate of drug-likeness (QED) is 0.854. The Bertz CT molecular complexity index is 673. The third-order valence-electron chi connectivity index (χ3n) is 3.30. The summed E-state index contributed by atoms with van der Waals surface area (Å²) in [6.07, 6.45) is 0.404. The standard InChI is InChI=1S/C18H18FNO3/c1-13(21)16(11-14-7-3-2-4-8-14)20-18(22)12-23-17-10-6-5-9-15(17)19/h2-10,16H,11-12H2,1H3,(H,20,22)/t16-/m0/s1. The van der Waals surface area contributed by atoms with Gasteiger partial charge in [0.05, 0.1) is 6.04 Å². The Morgan fingerprint density at radius 1 is 1.09 bits per heavy atom. The molecule has 0 heterocycles. The van der Waals surface area contributed by atoms with Gasteiger partial charge < -0.3 is 10.1 Å². The first-order valence-electron chi connectivity index (χ1n) is 7.27. The average Bonchev–Trinajstić information content (AvgIpc) is 2.54. The van der Waals surface area contributed by atoms with Crippen molar-refractivity contribution < 1.29 is 18.7 Å². The van der Waals surface area contributed by atoms with E-state index >= 15 is 0 Å². The van der Waals surface area contributed by atoms with E-state index in [1.165, 1.54) is 25.1 Å². The number of halogens is 1.